The van der Waals surface area contributed by atoms with E-state index >= 15 is 0 Å². The van der Waals surface area contributed by atoms with Gasteiger partial charge in [0.1, 0.15) is 12.2 Å². The maximum Gasteiger partial charge on any atom is 0.246 e. The number of carbonyl (C=O) groups excluding carboxylic acids is 1. The number of aliphatic hydroxyl groups is 1. The molecule has 1 aromatic heterocycles. The van der Waals surface area contributed by atoms with E-state index in [1.807, 2.05) is 12.1 Å². The van der Waals surface area contributed by atoms with Crippen LogP contribution in [0.15, 0.2) is 31.7 Å². The van der Waals surface area contributed by atoms with Crippen LogP contribution in [-0.2, 0) is 17.9 Å². The molecule has 0 aliphatic carbocycles. The van der Waals surface area contributed by atoms with E-state index < -0.39 is 0 Å². The molecular formula is C11H9Br3N4O2. The first-order valence-electron chi connectivity index (χ1n) is 5.44. The van der Waals surface area contributed by atoms with Crippen molar-refractivity contribution in [2.24, 2.45) is 0 Å². The van der Waals surface area contributed by atoms with Gasteiger partial charge in [0.25, 0.3) is 0 Å². The molecule has 20 heavy (non-hydrogen) atoms. The summed E-state index contributed by atoms with van der Waals surface area (Å²) >= 11 is 10.1. The molecule has 2 N–H and O–H groups in total. The molecule has 0 bridgehead atoms. The molecule has 1 amide bonds. The van der Waals surface area contributed by atoms with Crippen molar-refractivity contribution < 1.29 is 9.90 Å². The lowest BCUT2D eigenvalue weighted by atomic mass is 10.3. The first-order chi connectivity index (χ1) is 9.49. The zero-order valence-corrected chi connectivity index (χ0v) is 14.7. The van der Waals surface area contributed by atoms with Crippen LogP contribution in [0.3, 0.4) is 0 Å². The minimum absolute atomic E-state index is 0.0158. The summed E-state index contributed by atoms with van der Waals surface area (Å²) in [5.41, 5.74) is 1.06. The molecule has 0 radical (unpaired) electrons. The molecule has 0 aliphatic rings. The monoisotopic (exact) mass is 466 g/mol. The molecule has 0 atom stereocenters. The van der Waals surface area contributed by atoms with E-state index in [0.717, 1.165) is 13.4 Å². The minimum Gasteiger partial charge on any atom is -0.390 e. The number of aromatic nitrogens is 3. The van der Waals surface area contributed by atoms with Crippen molar-refractivity contribution in [2.45, 2.75) is 13.2 Å². The molecule has 6 nitrogen and oxygen atoms in total. The van der Waals surface area contributed by atoms with Crippen molar-refractivity contribution in [1.82, 2.24) is 15.0 Å². The van der Waals surface area contributed by atoms with E-state index in [4.69, 9.17) is 5.11 Å². The highest BCUT2D eigenvalue weighted by Gasteiger charge is 2.11. The standard InChI is InChI=1S/C11H9Br3N4O2/c12-6-1-8(13)11(9(14)2-6)15-10(20)4-18-3-7(5-19)16-17-18/h1-3,19H,4-5H2,(H,15,20). The van der Waals surface area contributed by atoms with Crippen LogP contribution in [0.4, 0.5) is 5.69 Å². The average Bonchev–Trinajstić information content (AvgIpc) is 2.81. The van der Waals surface area contributed by atoms with Crippen molar-refractivity contribution in [3.05, 3.63) is 37.4 Å². The third-order valence-electron chi connectivity index (χ3n) is 2.32. The van der Waals surface area contributed by atoms with Gasteiger partial charge in [0.05, 0.1) is 18.5 Å². The highest BCUT2D eigenvalue weighted by Crippen LogP contribution is 2.34. The fraction of sp³-hybridized carbons (Fsp3) is 0.182. The fourth-order valence-electron chi connectivity index (χ4n) is 1.48. The number of hydrogen-bond donors (Lipinski definition) is 2. The summed E-state index contributed by atoms with van der Waals surface area (Å²) in [5.74, 6) is -0.247. The smallest absolute Gasteiger partial charge is 0.246 e. The first-order valence-corrected chi connectivity index (χ1v) is 7.81. The number of nitrogens with zero attached hydrogens (tertiary/aromatic N) is 3. The molecule has 0 aliphatic heterocycles. The van der Waals surface area contributed by atoms with Gasteiger partial charge in [-0.2, -0.15) is 0 Å². The van der Waals surface area contributed by atoms with Crippen molar-refractivity contribution in [3.8, 4) is 0 Å². The molecule has 106 valence electrons. The van der Waals surface area contributed by atoms with Gasteiger partial charge in [0.15, 0.2) is 0 Å². The number of amides is 1. The molecule has 0 saturated carbocycles. The Hall–Kier alpha value is -0.770. The largest absolute Gasteiger partial charge is 0.390 e. The summed E-state index contributed by atoms with van der Waals surface area (Å²) in [5, 5.41) is 19.1. The van der Waals surface area contributed by atoms with E-state index in [9.17, 15) is 4.79 Å². The Balaban J connectivity index is 2.08. The van der Waals surface area contributed by atoms with Gasteiger partial charge in [0, 0.05) is 13.4 Å². The summed E-state index contributed by atoms with van der Waals surface area (Å²) in [6, 6.07) is 3.67. The maximum atomic E-state index is 12.0. The average molecular weight is 469 g/mol. The Bertz CT molecular complexity index is 621. The Labute approximate surface area is 139 Å². The van der Waals surface area contributed by atoms with Crippen LogP contribution < -0.4 is 5.32 Å². The van der Waals surface area contributed by atoms with Crippen molar-refractivity contribution >= 4 is 59.4 Å². The summed E-state index contributed by atoms with van der Waals surface area (Å²) in [7, 11) is 0. The predicted molar refractivity (Wildman–Crippen MR) is 84.1 cm³/mol. The molecule has 2 aromatic rings. The Morgan fingerprint density at radius 3 is 2.50 bits per heavy atom. The second-order valence-corrected chi connectivity index (χ2v) is 6.48. The highest BCUT2D eigenvalue weighted by molar-refractivity contribution is 9.11. The number of anilines is 1. The first kappa shape index (κ1) is 15.6. The lowest BCUT2D eigenvalue weighted by Crippen LogP contribution is -2.19. The lowest BCUT2D eigenvalue weighted by molar-refractivity contribution is -0.116. The molecule has 0 fully saturated rings. The van der Waals surface area contributed by atoms with Crippen molar-refractivity contribution in [3.63, 3.8) is 0 Å². The topological polar surface area (TPSA) is 80.0 Å². The van der Waals surface area contributed by atoms with Gasteiger partial charge in [-0.05, 0) is 44.0 Å². The molecule has 1 heterocycles. The van der Waals surface area contributed by atoms with Gasteiger partial charge in [-0.25, -0.2) is 4.68 Å². The van der Waals surface area contributed by atoms with Gasteiger partial charge in [0.2, 0.25) is 5.91 Å². The van der Waals surface area contributed by atoms with Crippen LogP contribution in [0, 0.1) is 0 Å². The number of hydrogen-bond acceptors (Lipinski definition) is 4. The third-order valence-corrected chi connectivity index (χ3v) is 4.03. The Morgan fingerprint density at radius 2 is 1.95 bits per heavy atom. The Kier molecular flexibility index (Phi) is 5.30. The molecule has 0 unspecified atom stereocenters. The second kappa shape index (κ2) is 6.79. The molecule has 2 rings (SSSR count). The van der Waals surface area contributed by atoms with Gasteiger partial charge in [-0.1, -0.05) is 21.1 Å². The van der Waals surface area contributed by atoms with Crippen LogP contribution in [0.5, 0.6) is 0 Å². The van der Waals surface area contributed by atoms with Crippen LogP contribution in [0.1, 0.15) is 5.69 Å². The zero-order chi connectivity index (χ0) is 14.7. The van der Waals surface area contributed by atoms with E-state index in [2.05, 4.69) is 63.4 Å². The van der Waals surface area contributed by atoms with E-state index in [1.54, 1.807) is 0 Å². The third kappa shape index (κ3) is 3.87. The summed E-state index contributed by atoms with van der Waals surface area (Å²) in [6.45, 7) is -0.187. The van der Waals surface area contributed by atoms with Crippen molar-refractivity contribution in [1.29, 1.82) is 0 Å². The number of nitrogens with one attached hydrogen (secondary N) is 1. The number of carbonyl (C=O) groups is 1. The van der Waals surface area contributed by atoms with Crippen LogP contribution >= 0.6 is 47.8 Å². The van der Waals surface area contributed by atoms with E-state index in [0.29, 0.717) is 11.4 Å². The van der Waals surface area contributed by atoms with Gasteiger partial charge >= 0.3 is 0 Å². The van der Waals surface area contributed by atoms with E-state index in [1.165, 1.54) is 10.9 Å². The number of aliphatic hydroxyl groups excluding tert-OH is 1. The fourth-order valence-corrected chi connectivity index (χ4v) is 3.93. The lowest BCUT2D eigenvalue weighted by Gasteiger charge is -2.10. The summed E-state index contributed by atoms with van der Waals surface area (Å²) in [6.07, 6.45) is 1.52. The molecule has 0 spiro atoms. The van der Waals surface area contributed by atoms with Crippen LogP contribution in [-0.4, -0.2) is 26.0 Å². The molecule has 0 saturated heterocycles. The van der Waals surface area contributed by atoms with Crippen LogP contribution in [0.2, 0.25) is 0 Å². The Morgan fingerprint density at radius 1 is 1.30 bits per heavy atom. The molecule has 9 heteroatoms. The summed E-state index contributed by atoms with van der Waals surface area (Å²) < 4.78 is 3.75. The quantitative estimate of drug-likeness (QED) is 0.723. The van der Waals surface area contributed by atoms with Crippen LogP contribution in [0.25, 0.3) is 0 Å². The highest BCUT2D eigenvalue weighted by atomic mass is 79.9. The SMILES string of the molecule is O=C(Cn1cc(CO)nn1)Nc1c(Br)cc(Br)cc1Br. The van der Waals surface area contributed by atoms with Gasteiger partial charge in [-0.15, -0.1) is 5.10 Å². The minimum atomic E-state index is -0.247. The summed E-state index contributed by atoms with van der Waals surface area (Å²) in [4.78, 5) is 12.0. The zero-order valence-electron chi connectivity index (χ0n) is 9.98. The number of benzene rings is 1. The second-order valence-electron chi connectivity index (χ2n) is 3.86. The normalized spacial score (nSPS) is 10.6. The number of rotatable bonds is 4. The molecule has 1 aromatic carbocycles. The predicted octanol–water partition coefficient (Wildman–Crippen LogP) is 2.70. The van der Waals surface area contributed by atoms with Crippen molar-refractivity contribution in [2.75, 3.05) is 5.32 Å². The van der Waals surface area contributed by atoms with Gasteiger partial charge in [-0.3, -0.25) is 4.79 Å². The van der Waals surface area contributed by atoms with Gasteiger partial charge < -0.3 is 10.4 Å². The molecular weight excluding hydrogens is 460 g/mol. The van der Waals surface area contributed by atoms with E-state index in [-0.39, 0.29) is 19.1 Å². The number of halogens is 3. The maximum absolute atomic E-state index is 12.0.